The minimum atomic E-state index is -4.17. The van der Waals surface area contributed by atoms with Gasteiger partial charge in [0.25, 0.3) is 10.0 Å². The Morgan fingerprint density at radius 2 is 1.71 bits per heavy atom. The lowest BCUT2D eigenvalue weighted by Gasteiger charge is -2.10. The van der Waals surface area contributed by atoms with E-state index in [4.69, 9.17) is 5.73 Å². The molecule has 0 saturated carbocycles. The fourth-order valence-electron chi connectivity index (χ4n) is 1.48. The first kappa shape index (κ1) is 15.6. The molecule has 0 heterocycles. The monoisotopic (exact) mass is 380 g/mol. The zero-order valence-corrected chi connectivity index (χ0v) is 12.6. The van der Waals surface area contributed by atoms with Crippen LogP contribution in [0.1, 0.15) is 0 Å². The maximum Gasteiger partial charge on any atom is 0.262 e. The number of hydrogen-bond donors (Lipinski definition) is 2. The van der Waals surface area contributed by atoms with E-state index in [0.29, 0.717) is 16.2 Å². The van der Waals surface area contributed by atoms with Gasteiger partial charge < -0.3 is 5.73 Å². The molecule has 0 radical (unpaired) electrons. The average molecular weight is 381 g/mol. The maximum atomic E-state index is 13.5. The normalized spacial score (nSPS) is 11.4. The van der Waals surface area contributed by atoms with Gasteiger partial charge in [0.2, 0.25) is 0 Å². The van der Waals surface area contributed by atoms with E-state index < -0.39 is 33.2 Å². The zero-order chi connectivity index (χ0) is 15.8. The highest BCUT2D eigenvalue weighted by Gasteiger charge is 2.20. The highest BCUT2D eigenvalue weighted by molar-refractivity contribution is 9.10. The van der Waals surface area contributed by atoms with Gasteiger partial charge in [-0.25, -0.2) is 21.6 Å². The molecule has 2 aromatic carbocycles. The number of nitrogen functional groups attached to an aromatic ring is 1. The number of benzene rings is 2. The summed E-state index contributed by atoms with van der Waals surface area (Å²) in [4.78, 5) is -0.215. The van der Waals surface area contributed by atoms with Gasteiger partial charge in [0.1, 0.15) is 0 Å². The molecule has 0 spiro atoms. The number of anilines is 2. The molecular weight excluding hydrogens is 373 g/mol. The largest absolute Gasteiger partial charge is 0.398 e. The lowest BCUT2D eigenvalue weighted by Crippen LogP contribution is -2.15. The summed E-state index contributed by atoms with van der Waals surface area (Å²) < 4.78 is 65.7. The van der Waals surface area contributed by atoms with Gasteiger partial charge in [-0.2, -0.15) is 0 Å². The molecule has 0 atom stereocenters. The topological polar surface area (TPSA) is 72.2 Å². The van der Waals surface area contributed by atoms with Crippen LogP contribution in [0.4, 0.5) is 24.5 Å². The third kappa shape index (κ3) is 3.13. The predicted octanol–water partition coefficient (Wildman–Crippen LogP) is 3.25. The average Bonchev–Trinajstić information content (AvgIpc) is 2.42. The molecule has 9 heteroatoms. The van der Waals surface area contributed by atoms with Crippen LogP contribution in [-0.4, -0.2) is 8.42 Å². The molecule has 0 bridgehead atoms. The number of halogens is 4. The number of sulfonamides is 1. The second-order valence-electron chi connectivity index (χ2n) is 4.01. The third-order valence-corrected chi connectivity index (χ3v) is 4.61. The van der Waals surface area contributed by atoms with E-state index in [-0.39, 0.29) is 4.90 Å². The molecule has 0 aliphatic rings. The van der Waals surface area contributed by atoms with Crippen LogP contribution < -0.4 is 10.5 Å². The Bertz CT molecular complexity index is 812. The second-order valence-corrected chi connectivity index (χ2v) is 6.55. The summed E-state index contributed by atoms with van der Waals surface area (Å²) in [6.45, 7) is 0. The van der Waals surface area contributed by atoms with Crippen molar-refractivity contribution in [3.05, 3.63) is 52.3 Å². The Morgan fingerprint density at radius 3 is 2.33 bits per heavy atom. The molecule has 4 nitrogen and oxygen atoms in total. The van der Waals surface area contributed by atoms with Gasteiger partial charge in [0, 0.05) is 10.2 Å². The zero-order valence-electron chi connectivity index (χ0n) is 10.2. The molecule has 2 aromatic rings. The van der Waals surface area contributed by atoms with Crippen LogP contribution in [0.3, 0.4) is 0 Å². The quantitative estimate of drug-likeness (QED) is 0.634. The summed E-state index contributed by atoms with van der Waals surface area (Å²) in [6, 6.07) is 5.14. The fourth-order valence-corrected chi connectivity index (χ4v) is 3.10. The minimum absolute atomic E-state index is 0.215. The highest BCUT2D eigenvalue weighted by atomic mass is 79.9. The van der Waals surface area contributed by atoms with Crippen LogP contribution in [0.25, 0.3) is 0 Å². The summed E-state index contributed by atoms with van der Waals surface area (Å²) in [6.07, 6.45) is 0. The van der Waals surface area contributed by atoms with Gasteiger partial charge in [0.05, 0.1) is 10.6 Å². The van der Waals surface area contributed by atoms with E-state index in [2.05, 4.69) is 15.9 Å². The van der Waals surface area contributed by atoms with Gasteiger partial charge in [-0.3, -0.25) is 4.72 Å². The third-order valence-electron chi connectivity index (χ3n) is 2.56. The second kappa shape index (κ2) is 5.57. The summed E-state index contributed by atoms with van der Waals surface area (Å²) in [5.74, 6) is -4.78. The standard InChI is InChI=1S/C12H8BrF3N2O2S/c13-7-5-6(1-3-9(7)17)21(19,20)18-10-4-2-8(14)11(15)12(10)16/h1-5,18H,17H2. The van der Waals surface area contributed by atoms with Crippen molar-refractivity contribution < 1.29 is 21.6 Å². The molecular formula is C12H8BrF3N2O2S. The van der Waals surface area contributed by atoms with Crippen molar-refractivity contribution in [1.82, 2.24) is 0 Å². The van der Waals surface area contributed by atoms with Crippen LogP contribution >= 0.6 is 15.9 Å². The summed E-state index contributed by atoms with van der Waals surface area (Å²) >= 11 is 3.06. The van der Waals surface area contributed by atoms with Crippen LogP contribution in [0, 0.1) is 17.5 Å². The van der Waals surface area contributed by atoms with Gasteiger partial charge >= 0.3 is 0 Å². The van der Waals surface area contributed by atoms with E-state index in [1.54, 1.807) is 0 Å². The molecule has 112 valence electrons. The fraction of sp³-hybridized carbons (Fsp3) is 0. The van der Waals surface area contributed by atoms with E-state index >= 15 is 0 Å². The Labute approximate surface area is 127 Å². The molecule has 0 aliphatic heterocycles. The van der Waals surface area contributed by atoms with Crippen LogP contribution in [0.2, 0.25) is 0 Å². The van der Waals surface area contributed by atoms with Gasteiger partial charge in [-0.1, -0.05) is 0 Å². The van der Waals surface area contributed by atoms with Crippen LogP contribution in [0.15, 0.2) is 39.7 Å². The molecule has 0 unspecified atom stereocenters. The van der Waals surface area contributed by atoms with E-state index in [0.717, 1.165) is 6.07 Å². The van der Waals surface area contributed by atoms with Gasteiger partial charge in [-0.15, -0.1) is 0 Å². The van der Waals surface area contributed by atoms with E-state index in [9.17, 15) is 21.6 Å². The van der Waals surface area contributed by atoms with Gasteiger partial charge in [-0.05, 0) is 46.3 Å². The van der Waals surface area contributed by atoms with Crippen molar-refractivity contribution in [2.24, 2.45) is 0 Å². The number of nitrogens with two attached hydrogens (primary N) is 1. The van der Waals surface area contributed by atoms with E-state index in [1.807, 2.05) is 4.72 Å². The van der Waals surface area contributed by atoms with Crippen molar-refractivity contribution in [2.75, 3.05) is 10.5 Å². The Kier molecular flexibility index (Phi) is 4.15. The summed E-state index contributed by atoms with van der Waals surface area (Å²) in [7, 11) is -4.17. The molecule has 0 amide bonds. The van der Waals surface area contributed by atoms with Crippen molar-refractivity contribution in [3.8, 4) is 0 Å². The SMILES string of the molecule is Nc1ccc(S(=O)(=O)Nc2ccc(F)c(F)c2F)cc1Br. The van der Waals surface area contributed by atoms with Crippen molar-refractivity contribution >= 4 is 37.3 Å². The number of hydrogen-bond acceptors (Lipinski definition) is 3. The van der Waals surface area contributed by atoms with E-state index in [1.165, 1.54) is 18.2 Å². The van der Waals surface area contributed by atoms with Crippen molar-refractivity contribution in [1.29, 1.82) is 0 Å². The summed E-state index contributed by atoms with van der Waals surface area (Å²) in [5.41, 5.74) is 5.15. The van der Waals surface area contributed by atoms with Crippen LogP contribution in [0.5, 0.6) is 0 Å². The Hall–Kier alpha value is -1.74. The molecule has 3 N–H and O–H groups in total. The smallest absolute Gasteiger partial charge is 0.262 e. The molecule has 2 rings (SSSR count). The highest BCUT2D eigenvalue weighted by Crippen LogP contribution is 2.26. The first-order chi connectivity index (χ1) is 9.72. The predicted molar refractivity (Wildman–Crippen MR) is 75.7 cm³/mol. The molecule has 21 heavy (non-hydrogen) atoms. The Morgan fingerprint density at radius 1 is 1.05 bits per heavy atom. The first-order valence-corrected chi connectivity index (χ1v) is 7.71. The number of nitrogens with one attached hydrogen (secondary N) is 1. The summed E-state index contributed by atoms with van der Waals surface area (Å²) in [5, 5.41) is 0. The van der Waals surface area contributed by atoms with Crippen LogP contribution in [-0.2, 0) is 10.0 Å². The Balaban J connectivity index is 2.42. The molecule has 0 fully saturated rings. The maximum absolute atomic E-state index is 13.5. The lowest BCUT2D eigenvalue weighted by atomic mass is 10.3. The molecule has 0 aromatic heterocycles. The lowest BCUT2D eigenvalue weighted by molar-refractivity contribution is 0.449. The minimum Gasteiger partial charge on any atom is -0.398 e. The van der Waals surface area contributed by atoms with Crippen molar-refractivity contribution in [3.63, 3.8) is 0 Å². The molecule has 0 aliphatic carbocycles. The first-order valence-electron chi connectivity index (χ1n) is 5.43. The molecule has 0 saturated heterocycles. The van der Waals surface area contributed by atoms with Crippen molar-refractivity contribution in [2.45, 2.75) is 4.90 Å². The number of rotatable bonds is 3. The van der Waals surface area contributed by atoms with Gasteiger partial charge in [0.15, 0.2) is 17.5 Å².